The second-order valence-electron chi connectivity index (χ2n) is 4.56. The quantitative estimate of drug-likeness (QED) is 0.815. The maximum atomic E-state index is 12.3. The van der Waals surface area contributed by atoms with Crippen LogP contribution in [0, 0.1) is 0 Å². The number of hydrogen-bond donors (Lipinski definition) is 1. The predicted molar refractivity (Wildman–Crippen MR) is 74.3 cm³/mol. The van der Waals surface area contributed by atoms with Gasteiger partial charge in [-0.25, -0.2) is 8.42 Å². The van der Waals surface area contributed by atoms with Crippen molar-refractivity contribution in [1.29, 1.82) is 0 Å². The molecule has 0 unspecified atom stereocenters. The standard InChI is InChI=1S/C12H20N2O2S2/c1-2-5-13-9-11-8-12(17-10-11)18(15,16)14-6-3-4-7-14/h8,10,13H,2-7,9H2,1H3. The highest BCUT2D eigenvalue weighted by Crippen LogP contribution is 2.26. The monoisotopic (exact) mass is 288 g/mol. The van der Waals surface area contributed by atoms with E-state index in [4.69, 9.17) is 0 Å². The summed E-state index contributed by atoms with van der Waals surface area (Å²) in [5.41, 5.74) is 1.06. The highest BCUT2D eigenvalue weighted by atomic mass is 32.2. The van der Waals surface area contributed by atoms with Gasteiger partial charge in [-0.3, -0.25) is 0 Å². The third-order valence-corrected chi connectivity index (χ3v) is 6.41. The second-order valence-corrected chi connectivity index (χ2v) is 7.64. The summed E-state index contributed by atoms with van der Waals surface area (Å²) in [7, 11) is -3.22. The van der Waals surface area contributed by atoms with Crippen LogP contribution in [-0.2, 0) is 16.6 Å². The largest absolute Gasteiger partial charge is 0.313 e. The maximum Gasteiger partial charge on any atom is 0.252 e. The summed E-state index contributed by atoms with van der Waals surface area (Å²) in [5.74, 6) is 0. The number of sulfonamides is 1. The first-order valence-electron chi connectivity index (χ1n) is 6.43. The zero-order valence-electron chi connectivity index (χ0n) is 10.7. The van der Waals surface area contributed by atoms with Crippen molar-refractivity contribution in [1.82, 2.24) is 9.62 Å². The molecule has 102 valence electrons. The minimum absolute atomic E-state index is 0.484. The summed E-state index contributed by atoms with van der Waals surface area (Å²) in [6, 6.07) is 1.81. The Morgan fingerprint density at radius 3 is 2.78 bits per heavy atom. The lowest BCUT2D eigenvalue weighted by molar-refractivity contribution is 0.479. The molecule has 0 saturated carbocycles. The Morgan fingerprint density at radius 2 is 2.11 bits per heavy atom. The van der Waals surface area contributed by atoms with E-state index in [-0.39, 0.29) is 0 Å². The summed E-state index contributed by atoms with van der Waals surface area (Å²) in [5, 5.41) is 5.22. The molecule has 18 heavy (non-hydrogen) atoms. The summed E-state index contributed by atoms with van der Waals surface area (Å²) < 4.78 is 26.7. The van der Waals surface area contributed by atoms with Crippen LogP contribution in [0.5, 0.6) is 0 Å². The van der Waals surface area contributed by atoms with E-state index >= 15 is 0 Å². The van der Waals surface area contributed by atoms with Crippen LogP contribution in [-0.4, -0.2) is 32.4 Å². The molecule has 0 atom stereocenters. The van der Waals surface area contributed by atoms with E-state index in [1.165, 1.54) is 11.3 Å². The van der Waals surface area contributed by atoms with Crippen molar-refractivity contribution in [3.63, 3.8) is 0 Å². The fourth-order valence-corrected chi connectivity index (χ4v) is 4.93. The summed E-state index contributed by atoms with van der Waals surface area (Å²) in [6.45, 7) is 5.17. The molecule has 6 heteroatoms. The first-order valence-corrected chi connectivity index (χ1v) is 8.75. The van der Waals surface area contributed by atoms with Crippen molar-refractivity contribution >= 4 is 21.4 Å². The molecule has 1 saturated heterocycles. The molecule has 1 N–H and O–H groups in total. The molecule has 0 radical (unpaired) electrons. The average molecular weight is 288 g/mol. The Morgan fingerprint density at radius 1 is 1.39 bits per heavy atom. The van der Waals surface area contributed by atoms with Crippen LogP contribution in [0.15, 0.2) is 15.7 Å². The molecule has 1 aromatic rings. The van der Waals surface area contributed by atoms with Gasteiger partial charge in [0.25, 0.3) is 10.0 Å². The van der Waals surface area contributed by atoms with Crippen LogP contribution in [0.25, 0.3) is 0 Å². The van der Waals surface area contributed by atoms with Crippen molar-refractivity contribution < 1.29 is 8.42 Å². The third-order valence-electron chi connectivity index (χ3n) is 3.04. The molecule has 0 aliphatic carbocycles. The fourth-order valence-electron chi connectivity index (χ4n) is 2.05. The molecule has 1 fully saturated rings. The minimum atomic E-state index is -3.22. The highest BCUT2D eigenvalue weighted by molar-refractivity contribution is 7.91. The summed E-state index contributed by atoms with van der Waals surface area (Å²) >= 11 is 1.33. The van der Waals surface area contributed by atoms with Crippen molar-refractivity contribution in [2.45, 2.75) is 36.9 Å². The molecule has 0 amide bonds. The molecule has 4 nitrogen and oxygen atoms in total. The zero-order chi connectivity index (χ0) is 13.0. The molecule has 0 spiro atoms. The fraction of sp³-hybridized carbons (Fsp3) is 0.667. The Bertz CT molecular complexity index is 476. The molecule has 1 aliphatic rings. The lowest BCUT2D eigenvalue weighted by Crippen LogP contribution is -2.27. The van der Waals surface area contributed by atoms with Gasteiger partial charge in [0.05, 0.1) is 0 Å². The molecule has 1 aromatic heterocycles. The van der Waals surface area contributed by atoms with E-state index in [0.717, 1.165) is 37.9 Å². The van der Waals surface area contributed by atoms with Gasteiger partial charge in [-0.15, -0.1) is 11.3 Å². The van der Waals surface area contributed by atoms with E-state index in [0.29, 0.717) is 17.3 Å². The summed E-state index contributed by atoms with van der Waals surface area (Å²) in [4.78, 5) is 0. The minimum Gasteiger partial charge on any atom is -0.313 e. The lowest BCUT2D eigenvalue weighted by atomic mass is 10.3. The molecule has 1 aliphatic heterocycles. The Labute approximate surface area is 113 Å². The smallest absolute Gasteiger partial charge is 0.252 e. The highest BCUT2D eigenvalue weighted by Gasteiger charge is 2.28. The topological polar surface area (TPSA) is 49.4 Å². The molecule has 2 heterocycles. The second kappa shape index (κ2) is 6.14. The van der Waals surface area contributed by atoms with Crippen molar-refractivity contribution in [2.75, 3.05) is 19.6 Å². The average Bonchev–Trinajstić information content (AvgIpc) is 3.01. The van der Waals surface area contributed by atoms with Crippen molar-refractivity contribution in [2.24, 2.45) is 0 Å². The van der Waals surface area contributed by atoms with Crippen LogP contribution >= 0.6 is 11.3 Å². The van der Waals surface area contributed by atoms with Gasteiger partial charge in [0.15, 0.2) is 0 Å². The molecular weight excluding hydrogens is 268 g/mol. The van der Waals surface area contributed by atoms with Gasteiger partial charge in [0, 0.05) is 19.6 Å². The Kier molecular flexibility index (Phi) is 4.77. The maximum absolute atomic E-state index is 12.3. The third kappa shape index (κ3) is 3.12. The van der Waals surface area contributed by atoms with E-state index in [1.54, 1.807) is 10.4 Å². The van der Waals surface area contributed by atoms with Gasteiger partial charge in [0.2, 0.25) is 0 Å². The van der Waals surface area contributed by atoms with Crippen LogP contribution in [0.4, 0.5) is 0 Å². The van der Waals surface area contributed by atoms with E-state index in [9.17, 15) is 8.42 Å². The van der Waals surface area contributed by atoms with Gasteiger partial charge >= 0.3 is 0 Å². The van der Waals surface area contributed by atoms with Gasteiger partial charge in [0.1, 0.15) is 4.21 Å². The van der Waals surface area contributed by atoms with Crippen molar-refractivity contribution in [3.8, 4) is 0 Å². The van der Waals surface area contributed by atoms with E-state index in [2.05, 4.69) is 12.2 Å². The normalized spacial score (nSPS) is 17.4. The van der Waals surface area contributed by atoms with Gasteiger partial charge in [-0.1, -0.05) is 6.92 Å². The predicted octanol–water partition coefficient (Wildman–Crippen LogP) is 2.03. The van der Waals surface area contributed by atoms with E-state index in [1.807, 2.05) is 5.38 Å². The zero-order valence-corrected chi connectivity index (χ0v) is 12.3. The number of thiophene rings is 1. The number of nitrogens with one attached hydrogen (secondary N) is 1. The summed E-state index contributed by atoms with van der Waals surface area (Å²) in [6.07, 6.45) is 3.05. The number of hydrogen-bond acceptors (Lipinski definition) is 4. The SMILES string of the molecule is CCCNCc1csc(S(=O)(=O)N2CCCC2)c1. The van der Waals surface area contributed by atoms with Crippen LogP contribution in [0.2, 0.25) is 0 Å². The van der Waals surface area contributed by atoms with Gasteiger partial charge in [-0.2, -0.15) is 4.31 Å². The Hall–Kier alpha value is -0.430. The first-order chi connectivity index (χ1) is 8.64. The molecule has 0 bridgehead atoms. The van der Waals surface area contributed by atoms with Gasteiger partial charge in [-0.05, 0) is 42.8 Å². The molecule has 0 aromatic carbocycles. The number of rotatable bonds is 6. The van der Waals surface area contributed by atoms with Crippen LogP contribution < -0.4 is 5.32 Å². The first kappa shape index (κ1) is 14.0. The van der Waals surface area contributed by atoms with E-state index < -0.39 is 10.0 Å². The van der Waals surface area contributed by atoms with Crippen LogP contribution in [0.1, 0.15) is 31.7 Å². The van der Waals surface area contributed by atoms with Crippen LogP contribution in [0.3, 0.4) is 0 Å². The number of nitrogens with zero attached hydrogens (tertiary/aromatic N) is 1. The molecular formula is C12H20N2O2S2. The molecule has 2 rings (SSSR count). The lowest BCUT2D eigenvalue weighted by Gasteiger charge is -2.13. The van der Waals surface area contributed by atoms with Gasteiger partial charge < -0.3 is 5.32 Å². The Balaban J connectivity index is 2.04. The van der Waals surface area contributed by atoms with Crippen molar-refractivity contribution in [3.05, 3.63) is 17.0 Å².